The van der Waals surface area contributed by atoms with Gasteiger partial charge in [0.15, 0.2) is 0 Å². The van der Waals surface area contributed by atoms with Gasteiger partial charge in [0.1, 0.15) is 5.75 Å². The lowest BCUT2D eigenvalue weighted by Crippen LogP contribution is -2.37. The average Bonchev–Trinajstić information content (AvgIpc) is 3.52. The van der Waals surface area contributed by atoms with Crippen LogP contribution in [-0.4, -0.2) is 34.0 Å². The summed E-state index contributed by atoms with van der Waals surface area (Å²) < 4.78 is 7.53. The molecule has 1 amide bonds. The maximum absolute atomic E-state index is 13.3. The molecule has 4 aromatic rings. The Morgan fingerprint density at radius 3 is 2.90 bits per heavy atom. The molecule has 1 aliphatic heterocycles. The van der Waals surface area contributed by atoms with Crippen LogP contribution in [0.25, 0.3) is 10.9 Å². The largest absolute Gasteiger partial charge is 0.497 e. The lowest BCUT2D eigenvalue weighted by Gasteiger charge is -2.29. The smallest absolute Gasteiger partial charge is 0.225 e. The molecule has 0 unspecified atom stereocenters. The second-order valence-corrected chi connectivity index (χ2v) is 8.25. The number of benzene rings is 1. The van der Waals surface area contributed by atoms with Gasteiger partial charge in [0.2, 0.25) is 5.91 Å². The van der Waals surface area contributed by atoms with E-state index in [1.54, 1.807) is 18.4 Å². The first-order chi connectivity index (χ1) is 14.2. The van der Waals surface area contributed by atoms with Gasteiger partial charge in [0, 0.05) is 54.1 Å². The molecule has 29 heavy (non-hydrogen) atoms. The SMILES string of the molecule is COc1ccc2[nH]c3c(c2c1)CN(C(=O)C[C@@H](c1ccsc1)n1cccc1)CC3. The zero-order chi connectivity index (χ0) is 19.8. The molecule has 0 aliphatic carbocycles. The summed E-state index contributed by atoms with van der Waals surface area (Å²) in [6, 6.07) is 12.3. The minimum atomic E-state index is 0.0354. The van der Waals surface area contributed by atoms with Crippen LogP contribution in [0.4, 0.5) is 0 Å². The molecule has 1 aromatic carbocycles. The molecule has 5 nitrogen and oxygen atoms in total. The Bertz CT molecular complexity index is 1090. The van der Waals surface area contributed by atoms with Gasteiger partial charge in [-0.15, -0.1) is 0 Å². The molecule has 0 bridgehead atoms. The van der Waals surface area contributed by atoms with Crippen molar-refractivity contribution in [1.82, 2.24) is 14.5 Å². The molecule has 0 saturated carbocycles. The summed E-state index contributed by atoms with van der Waals surface area (Å²) in [6.07, 6.45) is 5.39. The summed E-state index contributed by atoms with van der Waals surface area (Å²) in [4.78, 5) is 18.8. The third-order valence-corrected chi connectivity index (χ3v) is 6.52. The third-order valence-electron chi connectivity index (χ3n) is 5.82. The molecule has 1 aliphatic rings. The summed E-state index contributed by atoms with van der Waals surface area (Å²) in [7, 11) is 1.68. The normalized spacial score (nSPS) is 14.7. The highest BCUT2D eigenvalue weighted by Crippen LogP contribution is 2.32. The lowest BCUT2D eigenvalue weighted by atomic mass is 10.0. The van der Waals surface area contributed by atoms with Gasteiger partial charge < -0.3 is 19.2 Å². The highest BCUT2D eigenvalue weighted by molar-refractivity contribution is 7.08. The first-order valence-corrected chi connectivity index (χ1v) is 10.8. The number of carbonyl (C=O) groups excluding carboxylic acids is 1. The van der Waals surface area contributed by atoms with Gasteiger partial charge in [-0.05, 0) is 52.7 Å². The maximum atomic E-state index is 13.3. The van der Waals surface area contributed by atoms with Crippen molar-refractivity contribution in [2.75, 3.05) is 13.7 Å². The fourth-order valence-electron chi connectivity index (χ4n) is 4.24. The minimum Gasteiger partial charge on any atom is -0.497 e. The van der Waals surface area contributed by atoms with E-state index < -0.39 is 0 Å². The molecule has 1 N–H and O–H groups in total. The molecule has 1 atom stereocenters. The van der Waals surface area contributed by atoms with E-state index in [1.807, 2.05) is 35.5 Å². The Hall–Kier alpha value is -2.99. The Morgan fingerprint density at radius 2 is 2.14 bits per heavy atom. The van der Waals surface area contributed by atoms with Crippen LogP contribution in [-0.2, 0) is 17.8 Å². The van der Waals surface area contributed by atoms with Crippen LogP contribution >= 0.6 is 11.3 Å². The van der Waals surface area contributed by atoms with Crippen LogP contribution in [0.1, 0.15) is 29.3 Å². The Kier molecular flexibility index (Phi) is 4.64. The number of hydrogen-bond donors (Lipinski definition) is 1. The standard InChI is InChI=1S/C23H23N3O2S/c1-28-17-4-5-20-18(12-17)19-14-26(10-6-21(19)24-20)23(27)13-22(16-7-11-29-15-16)25-8-2-3-9-25/h2-5,7-9,11-12,15,22,24H,6,10,13-14H2,1H3/t22-/m0/s1. The Balaban J connectivity index is 1.40. The highest BCUT2D eigenvalue weighted by Gasteiger charge is 2.27. The van der Waals surface area contributed by atoms with Crippen LogP contribution in [0.5, 0.6) is 5.75 Å². The van der Waals surface area contributed by atoms with Crippen molar-refractivity contribution < 1.29 is 9.53 Å². The summed E-state index contributed by atoms with van der Waals surface area (Å²) in [6.45, 7) is 1.39. The number of H-pyrrole nitrogens is 1. The van der Waals surface area contributed by atoms with E-state index in [4.69, 9.17) is 4.74 Å². The Labute approximate surface area is 173 Å². The summed E-state index contributed by atoms with van der Waals surface area (Å²) >= 11 is 1.67. The molecule has 0 fully saturated rings. The predicted molar refractivity (Wildman–Crippen MR) is 115 cm³/mol. The van der Waals surface area contributed by atoms with Crippen molar-refractivity contribution in [2.45, 2.75) is 25.4 Å². The number of nitrogens with zero attached hydrogens (tertiary/aromatic N) is 2. The molecular formula is C23H23N3O2S. The van der Waals surface area contributed by atoms with Gasteiger partial charge in [-0.25, -0.2) is 0 Å². The first kappa shape index (κ1) is 18.1. The fraction of sp³-hybridized carbons (Fsp3) is 0.261. The van der Waals surface area contributed by atoms with E-state index in [-0.39, 0.29) is 11.9 Å². The van der Waals surface area contributed by atoms with Crippen molar-refractivity contribution in [3.63, 3.8) is 0 Å². The number of methoxy groups -OCH3 is 1. The van der Waals surface area contributed by atoms with Gasteiger partial charge >= 0.3 is 0 Å². The van der Waals surface area contributed by atoms with Crippen LogP contribution in [0.3, 0.4) is 0 Å². The number of carbonyl (C=O) groups is 1. The van der Waals surface area contributed by atoms with Crippen molar-refractivity contribution in [1.29, 1.82) is 0 Å². The van der Waals surface area contributed by atoms with E-state index in [2.05, 4.69) is 38.5 Å². The first-order valence-electron chi connectivity index (χ1n) is 9.82. The van der Waals surface area contributed by atoms with Crippen LogP contribution < -0.4 is 4.74 Å². The minimum absolute atomic E-state index is 0.0354. The molecule has 4 heterocycles. The van der Waals surface area contributed by atoms with Crippen molar-refractivity contribution in [3.8, 4) is 5.75 Å². The number of rotatable bonds is 5. The molecule has 5 rings (SSSR count). The van der Waals surface area contributed by atoms with Crippen LogP contribution in [0.2, 0.25) is 0 Å². The maximum Gasteiger partial charge on any atom is 0.225 e. The number of thiophene rings is 1. The molecule has 148 valence electrons. The number of ether oxygens (including phenoxy) is 1. The van der Waals surface area contributed by atoms with E-state index >= 15 is 0 Å². The molecular weight excluding hydrogens is 382 g/mol. The lowest BCUT2D eigenvalue weighted by molar-refractivity contribution is -0.132. The zero-order valence-corrected chi connectivity index (χ0v) is 17.1. The summed E-state index contributed by atoms with van der Waals surface area (Å²) in [5.74, 6) is 1.03. The highest BCUT2D eigenvalue weighted by atomic mass is 32.1. The Morgan fingerprint density at radius 1 is 1.28 bits per heavy atom. The number of aromatic nitrogens is 2. The second kappa shape index (κ2) is 7.44. The molecule has 6 heteroatoms. The van der Waals surface area contributed by atoms with E-state index in [0.717, 1.165) is 29.6 Å². The number of amides is 1. The van der Waals surface area contributed by atoms with E-state index in [9.17, 15) is 4.79 Å². The second-order valence-electron chi connectivity index (χ2n) is 7.47. The molecule has 0 radical (unpaired) electrons. The zero-order valence-electron chi connectivity index (χ0n) is 16.3. The number of nitrogens with one attached hydrogen (secondary N) is 1. The predicted octanol–water partition coefficient (Wildman–Crippen LogP) is 4.60. The fourth-order valence-corrected chi connectivity index (χ4v) is 4.95. The van der Waals surface area contributed by atoms with Crippen molar-refractivity contribution in [3.05, 3.63) is 76.4 Å². The number of hydrogen-bond acceptors (Lipinski definition) is 3. The third kappa shape index (κ3) is 3.34. The van der Waals surface area contributed by atoms with Gasteiger partial charge in [-0.3, -0.25) is 4.79 Å². The topological polar surface area (TPSA) is 50.3 Å². The van der Waals surface area contributed by atoms with Gasteiger partial charge in [0.25, 0.3) is 0 Å². The van der Waals surface area contributed by atoms with Crippen LogP contribution in [0, 0.1) is 0 Å². The molecule has 0 saturated heterocycles. The summed E-state index contributed by atoms with van der Waals surface area (Å²) in [5.41, 5.74) is 4.74. The van der Waals surface area contributed by atoms with Crippen molar-refractivity contribution >= 4 is 28.1 Å². The number of fused-ring (bicyclic) bond motifs is 3. The van der Waals surface area contributed by atoms with Crippen LogP contribution in [0.15, 0.2) is 59.6 Å². The average molecular weight is 406 g/mol. The van der Waals surface area contributed by atoms with E-state index in [1.165, 1.54) is 16.8 Å². The molecule has 0 spiro atoms. The van der Waals surface area contributed by atoms with Gasteiger partial charge in [-0.2, -0.15) is 11.3 Å². The van der Waals surface area contributed by atoms with Gasteiger partial charge in [0.05, 0.1) is 19.6 Å². The van der Waals surface area contributed by atoms with Gasteiger partial charge in [-0.1, -0.05) is 0 Å². The van der Waals surface area contributed by atoms with E-state index in [0.29, 0.717) is 13.0 Å². The monoisotopic (exact) mass is 405 g/mol. The number of aromatic amines is 1. The summed E-state index contributed by atoms with van der Waals surface area (Å²) in [5, 5.41) is 5.36. The van der Waals surface area contributed by atoms with Crippen molar-refractivity contribution in [2.24, 2.45) is 0 Å². The quantitative estimate of drug-likeness (QED) is 0.527. The molecule has 3 aromatic heterocycles.